The Morgan fingerprint density at radius 3 is 2.32 bits per heavy atom. The number of alkyl halides is 3. The number of pyridine rings is 1. The first-order valence-corrected chi connectivity index (χ1v) is 6.46. The first kappa shape index (κ1) is 16.1. The van der Waals surface area contributed by atoms with Crippen molar-refractivity contribution in [3.8, 4) is 17.2 Å². The number of methoxy groups -OCH3 is 1. The molecule has 0 unspecified atom stereocenters. The number of ether oxygens (including phenoxy) is 2. The van der Waals surface area contributed by atoms with Crippen molar-refractivity contribution in [1.82, 2.24) is 4.98 Å². The standard InChI is InChI=1S/C15H15F3N2O2/c1-9(19)13-5-3-11(8-20-13)22-14-6-4-10(21-2)7-12(14)15(16,17)18/h3-9H,19H2,1-2H3/t9-/m1/s1. The highest BCUT2D eigenvalue weighted by atomic mass is 19.4. The fourth-order valence-corrected chi connectivity index (χ4v) is 1.80. The summed E-state index contributed by atoms with van der Waals surface area (Å²) in [6.45, 7) is 1.76. The van der Waals surface area contributed by atoms with Crippen LogP contribution in [0, 0.1) is 0 Å². The van der Waals surface area contributed by atoms with Crippen LogP contribution in [0.1, 0.15) is 24.2 Å². The number of aromatic nitrogens is 1. The lowest BCUT2D eigenvalue weighted by atomic mass is 10.2. The molecule has 1 aromatic carbocycles. The SMILES string of the molecule is COc1ccc(Oc2ccc([C@@H](C)N)nc2)c(C(F)(F)F)c1. The van der Waals surface area contributed by atoms with E-state index in [0.717, 1.165) is 6.07 Å². The molecular formula is C15H15F3N2O2. The van der Waals surface area contributed by atoms with Gasteiger partial charge in [-0.25, -0.2) is 0 Å². The van der Waals surface area contributed by atoms with E-state index in [-0.39, 0.29) is 23.3 Å². The fourth-order valence-electron chi connectivity index (χ4n) is 1.80. The van der Waals surface area contributed by atoms with Gasteiger partial charge in [-0.3, -0.25) is 4.98 Å². The van der Waals surface area contributed by atoms with Crippen molar-refractivity contribution in [1.29, 1.82) is 0 Å². The number of rotatable bonds is 4. The molecule has 7 heteroatoms. The molecule has 0 aliphatic rings. The molecule has 0 saturated heterocycles. The predicted molar refractivity (Wildman–Crippen MR) is 74.9 cm³/mol. The van der Waals surface area contributed by atoms with Gasteiger partial charge in [0.2, 0.25) is 0 Å². The van der Waals surface area contributed by atoms with Crippen molar-refractivity contribution in [3.63, 3.8) is 0 Å². The van der Waals surface area contributed by atoms with E-state index in [0.29, 0.717) is 5.69 Å². The summed E-state index contributed by atoms with van der Waals surface area (Å²) in [4.78, 5) is 4.04. The van der Waals surface area contributed by atoms with Crippen LogP contribution < -0.4 is 15.2 Å². The molecule has 0 spiro atoms. The molecule has 0 fully saturated rings. The molecule has 1 atom stereocenters. The lowest BCUT2D eigenvalue weighted by Crippen LogP contribution is -2.08. The van der Waals surface area contributed by atoms with Gasteiger partial charge in [0.15, 0.2) is 0 Å². The monoisotopic (exact) mass is 312 g/mol. The summed E-state index contributed by atoms with van der Waals surface area (Å²) < 4.78 is 49.3. The summed E-state index contributed by atoms with van der Waals surface area (Å²) in [6, 6.07) is 6.36. The van der Waals surface area contributed by atoms with Crippen molar-refractivity contribution >= 4 is 0 Å². The molecule has 0 radical (unpaired) electrons. The normalized spacial score (nSPS) is 12.8. The van der Waals surface area contributed by atoms with Gasteiger partial charge in [0.25, 0.3) is 0 Å². The Labute approximate surface area is 125 Å². The number of halogens is 3. The third kappa shape index (κ3) is 3.67. The average molecular weight is 312 g/mol. The second-order valence-corrected chi connectivity index (χ2v) is 4.67. The van der Waals surface area contributed by atoms with E-state index in [2.05, 4.69) is 4.98 Å². The fraction of sp³-hybridized carbons (Fsp3) is 0.267. The number of hydrogen-bond donors (Lipinski definition) is 1. The Kier molecular flexibility index (Phi) is 4.56. The van der Waals surface area contributed by atoms with Gasteiger partial charge >= 0.3 is 6.18 Å². The van der Waals surface area contributed by atoms with Gasteiger partial charge in [0, 0.05) is 6.04 Å². The van der Waals surface area contributed by atoms with E-state index in [4.69, 9.17) is 15.2 Å². The molecule has 2 aromatic rings. The molecule has 118 valence electrons. The summed E-state index contributed by atoms with van der Waals surface area (Å²) >= 11 is 0. The van der Waals surface area contributed by atoms with E-state index in [1.165, 1.54) is 31.5 Å². The first-order chi connectivity index (χ1) is 10.3. The van der Waals surface area contributed by atoms with Crippen molar-refractivity contribution in [2.24, 2.45) is 5.73 Å². The maximum Gasteiger partial charge on any atom is 0.420 e. The largest absolute Gasteiger partial charge is 0.497 e. The van der Waals surface area contributed by atoms with Crippen LogP contribution in [0.3, 0.4) is 0 Å². The third-order valence-corrected chi connectivity index (χ3v) is 2.95. The molecule has 0 saturated carbocycles. The Bertz CT molecular complexity index is 640. The van der Waals surface area contributed by atoms with E-state index in [1.807, 2.05) is 0 Å². The van der Waals surface area contributed by atoms with Gasteiger partial charge in [-0.15, -0.1) is 0 Å². The summed E-state index contributed by atoms with van der Waals surface area (Å²) in [7, 11) is 1.30. The Morgan fingerprint density at radius 1 is 1.14 bits per heavy atom. The summed E-state index contributed by atoms with van der Waals surface area (Å²) in [5.41, 5.74) is 5.37. The summed E-state index contributed by atoms with van der Waals surface area (Å²) in [6.07, 6.45) is -3.22. The van der Waals surface area contributed by atoms with Gasteiger partial charge < -0.3 is 15.2 Å². The van der Waals surface area contributed by atoms with Crippen LogP contribution >= 0.6 is 0 Å². The highest BCUT2D eigenvalue weighted by Crippen LogP contribution is 2.40. The highest BCUT2D eigenvalue weighted by molar-refractivity contribution is 5.44. The minimum atomic E-state index is -4.55. The molecule has 0 bridgehead atoms. The Hall–Kier alpha value is -2.28. The van der Waals surface area contributed by atoms with E-state index < -0.39 is 11.7 Å². The summed E-state index contributed by atoms with van der Waals surface area (Å²) in [5, 5.41) is 0. The van der Waals surface area contributed by atoms with E-state index in [9.17, 15) is 13.2 Å². The van der Waals surface area contributed by atoms with Gasteiger partial charge in [0.05, 0.1) is 19.0 Å². The van der Waals surface area contributed by atoms with Gasteiger partial charge in [-0.1, -0.05) is 0 Å². The zero-order chi connectivity index (χ0) is 16.3. The summed E-state index contributed by atoms with van der Waals surface area (Å²) in [5.74, 6) is -0.0196. The number of benzene rings is 1. The number of hydrogen-bond acceptors (Lipinski definition) is 4. The predicted octanol–water partition coefficient (Wildman–Crippen LogP) is 3.92. The van der Waals surface area contributed by atoms with Crippen molar-refractivity contribution in [2.75, 3.05) is 7.11 Å². The minimum Gasteiger partial charge on any atom is -0.497 e. The molecule has 22 heavy (non-hydrogen) atoms. The van der Waals surface area contributed by atoms with Crippen LogP contribution in [-0.4, -0.2) is 12.1 Å². The zero-order valence-corrected chi connectivity index (χ0v) is 12.0. The maximum atomic E-state index is 13.1. The molecule has 2 rings (SSSR count). The van der Waals surface area contributed by atoms with Crippen molar-refractivity contribution in [2.45, 2.75) is 19.1 Å². The van der Waals surface area contributed by atoms with E-state index in [1.54, 1.807) is 13.0 Å². The van der Waals surface area contributed by atoms with Gasteiger partial charge in [0.1, 0.15) is 22.8 Å². The highest BCUT2D eigenvalue weighted by Gasteiger charge is 2.35. The second-order valence-electron chi connectivity index (χ2n) is 4.67. The molecule has 0 aliphatic heterocycles. The molecule has 1 heterocycles. The van der Waals surface area contributed by atoms with E-state index >= 15 is 0 Å². The lowest BCUT2D eigenvalue weighted by Gasteiger charge is -2.15. The van der Waals surface area contributed by atoms with Crippen molar-refractivity contribution in [3.05, 3.63) is 47.8 Å². The quantitative estimate of drug-likeness (QED) is 0.929. The second kappa shape index (κ2) is 6.23. The van der Waals surface area contributed by atoms with Gasteiger partial charge in [-0.2, -0.15) is 13.2 Å². The smallest absolute Gasteiger partial charge is 0.420 e. The van der Waals surface area contributed by atoms with Crippen LogP contribution in [0.2, 0.25) is 0 Å². The molecule has 0 amide bonds. The molecule has 2 N–H and O–H groups in total. The van der Waals surface area contributed by atoms with Crippen LogP contribution in [0.5, 0.6) is 17.2 Å². The first-order valence-electron chi connectivity index (χ1n) is 6.46. The van der Waals surface area contributed by atoms with Crippen LogP contribution in [0.15, 0.2) is 36.5 Å². The van der Waals surface area contributed by atoms with Crippen LogP contribution in [0.4, 0.5) is 13.2 Å². The maximum absolute atomic E-state index is 13.1. The molecular weight excluding hydrogens is 297 g/mol. The Morgan fingerprint density at radius 2 is 1.82 bits per heavy atom. The van der Waals surface area contributed by atoms with Crippen LogP contribution in [-0.2, 0) is 6.18 Å². The number of nitrogens with two attached hydrogens (primary N) is 1. The number of nitrogens with zero attached hydrogens (tertiary/aromatic N) is 1. The average Bonchev–Trinajstić information content (AvgIpc) is 2.47. The van der Waals surface area contributed by atoms with Crippen LogP contribution in [0.25, 0.3) is 0 Å². The zero-order valence-electron chi connectivity index (χ0n) is 12.0. The third-order valence-electron chi connectivity index (χ3n) is 2.95. The molecule has 0 aliphatic carbocycles. The molecule has 1 aromatic heterocycles. The molecule has 4 nitrogen and oxygen atoms in total. The lowest BCUT2D eigenvalue weighted by molar-refractivity contribution is -0.138. The topological polar surface area (TPSA) is 57.4 Å². The Balaban J connectivity index is 2.32. The minimum absolute atomic E-state index is 0.102. The van der Waals surface area contributed by atoms with Gasteiger partial charge in [-0.05, 0) is 37.3 Å². The van der Waals surface area contributed by atoms with Crippen molar-refractivity contribution < 1.29 is 22.6 Å².